The van der Waals surface area contributed by atoms with Crippen molar-refractivity contribution >= 4 is 11.7 Å². The molecule has 0 aromatic heterocycles. The quantitative estimate of drug-likeness (QED) is 0.625. The Morgan fingerprint density at radius 3 is 1.88 bits per heavy atom. The number of benzene rings is 2. The van der Waals surface area contributed by atoms with Crippen molar-refractivity contribution in [1.29, 1.82) is 0 Å². The Labute approximate surface area is 151 Å². The predicted molar refractivity (Wildman–Crippen MR) is 104 cm³/mol. The van der Waals surface area contributed by atoms with E-state index < -0.39 is 5.97 Å². The Morgan fingerprint density at radius 1 is 0.800 bits per heavy atom. The van der Waals surface area contributed by atoms with Gasteiger partial charge in [0.15, 0.2) is 0 Å². The van der Waals surface area contributed by atoms with Crippen molar-refractivity contribution in [2.75, 3.05) is 19.0 Å². The van der Waals surface area contributed by atoms with Gasteiger partial charge in [0, 0.05) is 26.2 Å². The van der Waals surface area contributed by atoms with Gasteiger partial charge in [-0.25, -0.2) is 0 Å². The average molecular weight is 339 g/mol. The molecule has 0 spiro atoms. The lowest BCUT2D eigenvalue weighted by molar-refractivity contribution is -0.137. The standard InChI is InChI=1S/C22H29NO2/c1-23(2)21-15-13-20(14-16-21)17-19-11-9-18(10-12-19)7-5-3-4-6-8-22(24)25/h9-16H,3-8,17H2,1-2H3,(H,24,25). The number of aryl methyl sites for hydroxylation is 1. The summed E-state index contributed by atoms with van der Waals surface area (Å²) in [5.74, 6) is -0.688. The zero-order valence-corrected chi connectivity index (χ0v) is 15.4. The number of aliphatic carboxylic acids is 1. The highest BCUT2D eigenvalue weighted by atomic mass is 16.4. The van der Waals surface area contributed by atoms with Gasteiger partial charge in [-0.2, -0.15) is 0 Å². The molecule has 0 heterocycles. The summed E-state index contributed by atoms with van der Waals surface area (Å²) in [6, 6.07) is 17.6. The Morgan fingerprint density at radius 2 is 1.32 bits per heavy atom. The maximum absolute atomic E-state index is 10.5. The van der Waals surface area contributed by atoms with Crippen LogP contribution >= 0.6 is 0 Å². The molecule has 0 aliphatic rings. The van der Waals surface area contributed by atoms with E-state index in [9.17, 15) is 4.79 Å². The van der Waals surface area contributed by atoms with E-state index in [0.29, 0.717) is 6.42 Å². The molecule has 0 aliphatic carbocycles. The monoisotopic (exact) mass is 339 g/mol. The largest absolute Gasteiger partial charge is 0.481 e. The molecule has 0 atom stereocenters. The van der Waals surface area contributed by atoms with Crippen LogP contribution in [0.2, 0.25) is 0 Å². The van der Waals surface area contributed by atoms with Gasteiger partial charge in [-0.15, -0.1) is 0 Å². The van der Waals surface area contributed by atoms with Gasteiger partial charge < -0.3 is 10.0 Å². The molecule has 0 saturated carbocycles. The van der Waals surface area contributed by atoms with Crippen LogP contribution in [0.3, 0.4) is 0 Å². The maximum Gasteiger partial charge on any atom is 0.303 e. The van der Waals surface area contributed by atoms with Crippen LogP contribution < -0.4 is 4.90 Å². The number of carbonyl (C=O) groups is 1. The van der Waals surface area contributed by atoms with Gasteiger partial charge in [0.2, 0.25) is 0 Å². The van der Waals surface area contributed by atoms with Crippen LogP contribution in [0.15, 0.2) is 48.5 Å². The minimum absolute atomic E-state index is 0.296. The van der Waals surface area contributed by atoms with Crippen molar-refractivity contribution in [3.05, 3.63) is 65.2 Å². The van der Waals surface area contributed by atoms with E-state index in [4.69, 9.17) is 5.11 Å². The number of rotatable bonds is 10. The van der Waals surface area contributed by atoms with E-state index in [1.807, 2.05) is 0 Å². The van der Waals surface area contributed by atoms with Gasteiger partial charge in [-0.3, -0.25) is 4.79 Å². The van der Waals surface area contributed by atoms with Gasteiger partial charge in [0.05, 0.1) is 0 Å². The van der Waals surface area contributed by atoms with Crippen LogP contribution in [0.25, 0.3) is 0 Å². The molecule has 0 fully saturated rings. The van der Waals surface area contributed by atoms with Crippen molar-refractivity contribution in [1.82, 2.24) is 0 Å². The van der Waals surface area contributed by atoms with Gasteiger partial charge in [0.1, 0.15) is 0 Å². The topological polar surface area (TPSA) is 40.5 Å². The summed E-state index contributed by atoms with van der Waals surface area (Å²) in [6.45, 7) is 0. The molecule has 0 bridgehead atoms. The molecular weight excluding hydrogens is 310 g/mol. The first kappa shape index (κ1) is 19.0. The third kappa shape index (κ3) is 7.00. The number of hydrogen-bond donors (Lipinski definition) is 1. The van der Waals surface area contributed by atoms with Crippen LogP contribution in [0.4, 0.5) is 5.69 Å². The second-order valence-corrected chi connectivity index (χ2v) is 6.86. The van der Waals surface area contributed by atoms with Crippen LogP contribution in [0.1, 0.15) is 48.8 Å². The van der Waals surface area contributed by atoms with Gasteiger partial charge >= 0.3 is 5.97 Å². The highest BCUT2D eigenvalue weighted by Crippen LogP contribution is 2.16. The summed E-state index contributed by atoms with van der Waals surface area (Å²) >= 11 is 0. The number of carboxylic acid groups (broad SMARTS) is 1. The molecule has 3 heteroatoms. The lowest BCUT2D eigenvalue weighted by Crippen LogP contribution is -2.08. The Kier molecular flexibility index (Phi) is 7.52. The fourth-order valence-corrected chi connectivity index (χ4v) is 2.93. The number of carboxylic acids is 1. The summed E-state index contributed by atoms with van der Waals surface area (Å²) in [6.07, 6.45) is 6.37. The van der Waals surface area contributed by atoms with E-state index >= 15 is 0 Å². The molecule has 3 nitrogen and oxygen atoms in total. The number of unbranched alkanes of at least 4 members (excludes halogenated alkanes) is 3. The van der Waals surface area contributed by atoms with E-state index in [2.05, 4.69) is 67.5 Å². The molecule has 0 saturated heterocycles. The summed E-state index contributed by atoms with van der Waals surface area (Å²) in [4.78, 5) is 12.6. The normalized spacial score (nSPS) is 10.6. The molecule has 134 valence electrons. The van der Waals surface area contributed by atoms with Crippen molar-refractivity contribution in [3.8, 4) is 0 Å². The van der Waals surface area contributed by atoms with E-state index in [1.54, 1.807) is 0 Å². The zero-order chi connectivity index (χ0) is 18.1. The minimum atomic E-state index is -0.688. The van der Waals surface area contributed by atoms with Crippen LogP contribution in [-0.2, 0) is 17.6 Å². The second-order valence-electron chi connectivity index (χ2n) is 6.86. The Balaban J connectivity index is 1.74. The van der Waals surface area contributed by atoms with Crippen molar-refractivity contribution in [2.24, 2.45) is 0 Å². The summed E-state index contributed by atoms with van der Waals surface area (Å²) < 4.78 is 0. The molecule has 0 amide bonds. The Hall–Kier alpha value is -2.29. The summed E-state index contributed by atoms with van der Waals surface area (Å²) in [7, 11) is 4.11. The molecule has 2 aromatic rings. The fraction of sp³-hybridized carbons (Fsp3) is 0.409. The van der Waals surface area contributed by atoms with Gasteiger partial charge in [-0.1, -0.05) is 49.2 Å². The van der Waals surface area contributed by atoms with Crippen LogP contribution in [0, 0.1) is 0 Å². The fourth-order valence-electron chi connectivity index (χ4n) is 2.93. The third-order valence-corrected chi connectivity index (χ3v) is 4.49. The van der Waals surface area contributed by atoms with Crippen molar-refractivity contribution in [2.45, 2.75) is 44.9 Å². The predicted octanol–water partition coefficient (Wildman–Crippen LogP) is 4.92. The molecule has 0 radical (unpaired) electrons. The average Bonchev–Trinajstić information content (AvgIpc) is 2.59. The molecule has 2 aromatic carbocycles. The lowest BCUT2D eigenvalue weighted by Gasteiger charge is -2.12. The maximum atomic E-state index is 10.5. The minimum Gasteiger partial charge on any atom is -0.481 e. The lowest BCUT2D eigenvalue weighted by atomic mass is 10.0. The van der Waals surface area contributed by atoms with Crippen LogP contribution in [-0.4, -0.2) is 25.2 Å². The highest BCUT2D eigenvalue weighted by molar-refractivity contribution is 5.66. The van der Waals surface area contributed by atoms with Crippen LogP contribution in [0.5, 0.6) is 0 Å². The molecule has 0 aliphatic heterocycles. The van der Waals surface area contributed by atoms with Gasteiger partial charge in [0.25, 0.3) is 0 Å². The van der Waals surface area contributed by atoms with E-state index in [1.165, 1.54) is 22.4 Å². The first-order valence-corrected chi connectivity index (χ1v) is 9.10. The van der Waals surface area contributed by atoms with E-state index in [-0.39, 0.29) is 0 Å². The molecule has 2 rings (SSSR count). The van der Waals surface area contributed by atoms with Gasteiger partial charge in [-0.05, 0) is 54.5 Å². The molecular formula is C22H29NO2. The smallest absolute Gasteiger partial charge is 0.303 e. The molecule has 25 heavy (non-hydrogen) atoms. The molecule has 1 N–H and O–H groups in total. The van der Waals surface area contributed by atoms with Crippen molar-refractivity contribution < 1.29 is 9.90 Å². The molecule has 0 unspecified atom stereocenters. The van der Waals surface area contributed by atoms with Crippen molar-refractivity contribution in [3.63, 3.8) is 0 Å². The number of nitrogens with zero attached hydrogens (tertiary/aromatic N) is 1. The summed E-state index contributed by atoms with van der Waals surface area (Å²) in [5.41, 5.74) is 5.26. The third-order valence-electron chi connectivity index (χ3n) is 4.49. The zero-order valence-electron chi connectivity index (χ0n) is 15.4. The number of hydrogen-bond acceptors (Lipinski definition) is 2. The highest BCUT2D eigenvalue weighted by Gasteiger charge is 2.01. The first-order chi connectivity index (χ1) is 12.0. The first-order valence-electron chi connectivity index (χ1n) is 9.10. The number of anilines is 1. The van der Waals surface area contributed by atoms with E-state index in [0.717, 1.165) is 38.5 Å². The SMILES string of the molecule is CN(C)c1ccc(Cc2ccc(CCCCCCC(=O)O)cc2)cc1. The summed E-state index contributed by atoms with van der Waals surface area (Å²) in [5, 5.41) is 8.62. The second kappa shape index (κ2) is 9.87. The Bertz CT molecular complexity index is 645.